The Kier molecular flexibility index (Phi) is 4.55. The number of nitrogens with two attached hydrogens (primary N) is 1. The van der Waals surface area contributed by atoms with Crippen LogP contribution < -0.4 is 10.5 Å². The molecule has 1 aromatic carbocycles. The van der Waals surface area contributed by atoms with Gasteiger partial charge < -0.3 is 10.5 Å². The zero-order chi connectivity index (χ0) is 13.0. The van der Waals surface area contributed by atoms with E-state index >= 15 is 0 Å². The fourth-order valence-electron chi connectivity index (χ4n) is 1.88. The third-order valence-corrected chi connectivity index (χ3v) is 2.56. The highest BCUT2D eigenvalue weighted by Gasteiger charge is 2.11. The van der Waals surface area contributed by atoms with E-state index < -0.39 is 0 Å². The van der Waals surface area contributed by atoms with Gasteiger partial charge in [-0.05, 0) is 43.9 Å². The maximum atomic E-state index is 7.53. The topological polar surface area (TPSA) is 59.1 Å². The smallest absolute Gasteiger partial charge is 0.130 e. The maximum absolute atomic E-state index is 7.53. The van der Waals surface area contributed by atoms with Crippen LogP contribution in [0.15, 0.2) is 18.2 Å². The van der Waals surface area contributed by atoms with Gasteiger partial charge >= 0.3 is 0 Å². The highest BCUT2D eigenvalue weighted by Crippen LogP contribution is 2.22. The molecule has 0 saturated carbocycles. The Morgan fingerprint density at radius 3 is 2.53 bits per heavy atom. The number of nitrogen functional groups attached to an aromatic ring is 1. The van der Waals surface area contributed by atoms with E-state index in [-0.39, 0.29) is 11.9 Å². The summed E-state index contributed by atoms with van der Waals surface area (Å²) in [6, 6.07) is 5.72. The highest BCUT2D eigenvalue weighted by molar-refractivity contribution is 5.97. The van der Waals surface area contributed by atoms with Crippen molar-refractivity contribution in [1.29, 1.82) is 5.41 Å². The van der Waals surface area contributed by atoms with Crippen molar-refractivity contribution in [2.24, 2.45) is 11.7 Å². The quantitative estimate of drug-likeness (QED) is 0.607. The average Bonchev–Trinajstić information content (AvgIpc) is 2.15. The van der Waals surface area contributed by atoms with E-state index in [4.69, 9.17) is 15.9 Å². The first kappa shape index (κ1) is 13.6. The van der Waals surface area contributed by atoms with Crippen LogP contribution in [-0.2, 0) is 0 Å². The van der Waals surface area contributed by atoms with Gasteiger partial charge in [0, 0.05) is 0 Å². The van der Waals surface area contributed by atoms with Crippen molar-refractivity contribution < 1.29 is 4.74 Å². The molecule has 0 fully saturated rings. The summed E-state index contributed by atoms with van der Waals surface area (Å²) in [5, 5.41) is 7.53. The molecule has 3 nitrogen and oxygen atoms in total. The molecule has 0 aliphatic carbocycles. The predicted octanol–water partition coefficient (Wildman–Crippen LogP) is 3.09. The van der Waals surface area contributed by atoms with Crippen LogP contribution in [0.1, 0.15) is 38.3 Å². The first-order valence-electron chi connectivity index (χ1n) is 6.02. The minimum atomic E-state index is 0.0525. The van der Waals surface area contributed by atoms with E-state index in [2.05, 4.69) is 13.8 Å². The highest BCUT2D eigenvalue weighted by atomic mass is 16.5. The van der Waals surface area contributed by atoms with Crippen molar-refractivity contribution in [3.05, 3.63) is 29.3 Å². The lowest BCUT2D eigenvalue weighted by atomic mass is 10.1. The van der Waals surface area contributed by atoms with Crippen molar-refractivity contribution in [1.82, 2.24) is 0 Å². The maximum Gasteiger partial charge on any atom is 0.130 e. The minimum absolute atomic E-state index is 0.0525. The molecule has 3 heteroatoms. The second-order valence-corrected chi connectivity index (χ2v) is 4.97. The predicted molar refractivity (Wildman–Crippen MR) is 71.7 cm³/mol. The Morgan fingerprint density at radius 2 is 2.00 bits per heavy atom. The second-order valence-electron chi connectivity index (χ2n) is 4.97. The molecule has 0 aliphatic heterocycles. The van der Waals surface area contributed by atoms with E-state index in [1.165, 1.54) is 0 Å². The van der Waals surface area contributed by atoms with Gasteiger partial charge in [0.1, 0.15) is 11.6 Å². The minimum Gasteiger partial charge on any atom is -0.490 e. The van der Waals surface area contributed by atoms with Crippen molar-refractivity contribution in [2.45, 2.75) is 40.2 Å². The molecule has 0 aliphatic rings. The molecular formula is C14H22N2O. The van der Waals surface area contributed by atoms with E-state index in [1.807, 2.05) is 32.0 Å². The number of benzene rings is 1. The van der Waals surface area contributed by atoms with Crippen LogP contribution >= 0.6 is 0 Å². The molecule has 1 unspecified atom stereocenters. The molecule has 17 heavy (non-hydrogen) atoms. The summed E-state index contributed by atoms with van der Waals surface area (Å²) >= 11 is 0. The Labute approximate surface area is 103 Å². The van der Waals surface area contributed by atoms with Crippen LogP contribution in [0, 0.1) is 18.3 Å². The van der Waals surface area contributed by atoms with Crippen molar-refractivity contribution in [3.8, 4) is 5.75 Å². The Balaban J connectivity index is 2.88. The summed E-state index contributed by atoms with van der Waals surface area (Å²) in [6.07, 6.45) is 1.13. The van der Waals surface area contributed by atoms with Crippen molar-refractivity contribution in [2.75, 3.05) is 0 Å². The van der Waals surface area contributed by atoms with Gasteiger partial charge in [0.05, 0.1) is 11.7 Å². The van der Waals surface area contributed by atoms with Crippen molar-refractivity contribution >= 4 is 5.84 Å². The van der Waals surface area contributed by atoms with Crippen LogP contribution in [0.3, 0.4) is 0 Å². The van der Waals surface area contributed by atoms with Gasteiger partial charge in [0.25, 0.3) is 0 Å². The zero-order valence-corrected chi connectivity index (χ0v) is 11.1. The molecule has 0 spiro atoms. The lowest BCUT2D eigenvalue weighted by Gasteiger charge is -2.19. The number of nitrogens with one attached hydrogen (secondary N) is 1. The lowest BCUT2D eigenvalue weighted by Crippen LogP contribution is -2.18. The fraction of sp³-hybridized carbons (Fsp3) is 0.500. The van der Waals surface area contributed by atoms with Gasteiger partial charge in [-0.1, -0.05) is 19.9 Å². The molecule has 1 aromatic rings. The van der Waals surface area contributed by atoms with Gasteiger partial charge in [-0.25, -0.2) is 0 Å². The molecule has 0 heterocycles. The largest absolute Gasteiger partial charge is 0.490 e. The van der Waals surface area contributed by atoms with E-state index in [0.29, 0.717) is 17.2 Å². The summed E-state index contributed by atoms with van der Waals surface area (Å²) in [7, 11) is 0. The molecule has 94 valence electrons. The Hall–Kier alpha value is -1.51. The lowest BCUT2D eigenvalue weighted by molar-refractivity contribution is 0.193. The monoisotopic (exact) mass is 234 g/mol. The first-order chi connectivity index (χ1) is 7.90. The van der Waals surface area contributed by atoms with Gasteiger partial charge in [-0.3, -0.25) is 5.41 Å². The third-order valence-electron chi connectivity index (χ3n) is 2.56. The standard InChI is InChI=1S/C14H22N2O/c1-9(2)7-11(4)17-13-8-10(3)5-6-12(13)14(15)16/h5-6,8-9,11H,7H2,1-4H3,(H3,15,16). The SMILES string of the molecule is Cc1ccc(C(=N)N)c(OC(C)CC(C)C)c1. The fourth-order valence-corrected chi connectivity index (χ4v) is 1.88. The molecule has 0 saturated heterocycles. The summed E-state index contributed by atoms with van der Waals surface area (Å²) in [6.45, 7) is 8.39. The number of amidine groups is 1. The zero-order valence-electron chi connectivity index (χ0n) is 11.1. The van der Waals surface area contributed by atoms with Crippen molar-refractivity contribution in [3.63, 3.8) is 0 Å². The van der Waals surface area contributed by atoms with Crippen LogP contribution in [-0.4, -0.2) is 11.9 Å². The molecule has 0 aromatic heterocycles. The number of ether oxygens (including phenoxy) is 1. The number of hydrogen-bond donors (Lipinski definition) is 2. The number of hydrogen-bond acceptors (Lipinski definition) is 2. The molecule has 0 radical (unpaired) electrons. The Morgan fingerprint density at radius 1 is 1.35 bits per heavy atom. The normalized spacial score (nSPS) is 12.5. The average molecular weight is 234 g/mol. The third kappa shape index (κ3) is 4.10. The molecule has 3 N–H and O–H groups in total. The van der Waals surface area contributed by atoms with Gasteiger partial charge in [0.15, 0.2) is 0 Å². The van der Waals surface area contributed by atoms with Crippen LogP contribution in [0.25, 0.3) is 0 Å². The summed E-state index contributed by atoms with van der Waals surface area (Å²) in [4.78, 5) is 0. The number of rotatable bonds is 5. The van der Waals surface area contributed by atoms with E-state index in [9.17, 15) is 0 Å². The van der Waals surface area contributed by atoms with Crippen LogP contribution in [0.5, 0.6) is 5.75 Å². The second kappa shape index (κ2) is 5.71. The van der Waals surface area contributed by atoms with E-state index in [1.54, 1.807) is 0 Å². The van der Waals surface area contributed by atoms with Gasteiger partial charge in [0.2, 0.25) is 0 Å². The van der Waals surface area contributed by atoms with Gasteiger partial charge in [-0.2, -0.15) is 0 Å². The molecular weight excluding hydrogens is 212 g/mol. The Bertz CT molecular complexity index is 399. The summed E-state index contributed by atoms with van der Waals surface area (Å²) in [5.74, 6) is 1.36. The van der Waals surface area contributed by atoms with Crippen LogP contribution in [0.2, 0.25) is 0 Å². The van der Waals surface area contributed by atoms with Gasteiger partial charge in [-0.15, -0.1) is 0 Å². The molecule has 1 atom stereocenters. The first-order valence-corrected chi connectivity index (χ1v) is 6.02. The molecule has 1 rings (SSSR count). The van der Waals surface area contributed by atoms with Crippen LogP contribution in [0.4, 0.5) is 0 Å². The number of aryl methyl sites for hydroxylation is 1. The summed E-state index contributed by atoms with van der Waals surface area (Å²) < 4.78 is 5.88. The molecule has 0 bridgehead atoms. The molecule has 0 amide bonds. The van der Waals surface area contributed by atoms with E-state index in [0.717, 1.165) is 12.0 Å². The summed E-state index contributed by atoms with van der Waals surface area (Å²) in [5.41, 5.74) is 7.33.